The van der Waals surface area contributed by atoms with E-state index in [2.05, 4.69) is 25.3 Å². The number of carbonyl (C=O) groups is 3. The standard InChI is InChI=1S/C27H25N5O3S4/c1-3-37-27-31-26(39-32-27)30-23(33)17(2)38-21-11-9-20(10-12-21)28-25(35)22(15-18-13-14-36-16-18)29-24(34)19-7-5-4-6-8-19/h4-17H,3H2,1-2H3,(H,28,35)(H,29,34)(H,30,31,32,33)/b22-15-. The highest BCUT2D eigenvalue weighted by molar-refractivity contribution is 8.00. The van der Waals surface area contributed by atoms with Crippen molar-refractivity contribution < 1.29 is 14.4 Å². The number of carbonyl (C=O) groups excluding carboxylic acids is 3. The number of thiophene rings is 1. The minimum atomic E-state index is -0.448. The summed E-state index contributed by atoms with van der Waals surface area (Å²) in [6, 6.07) is 17.8. The Kier molecular flexibility index (Phi) is 10.3. The molecule has 1 atom stereocenters. The number of thioether (sulfide) groups is 2. The van der Waals surface area contributed by atoms with Crippen molar-refractivity contribution in [3.8, 4) is 0 Å². The zero-order valence-corrected chi connectivity index (χ0v) is 24.3. The number of nitrogens with zero attached hydrogens (tertiary/aromatic N) is 2. The molecule has 3 N–H and O–H groups in total. The molecule has 200 valence electrons. The molecule has 0 spiro atoms. The molecule has 0 saturated heterocycles. The molecule has 0 radical (unpaired) electrons. The predicted octanol–water partition coefficient (Wildman–Crippen LogP) is 6.24. The number of hydrogen-bond acceptors (Lipinski definition) is 9. The summed E-state index contributed by atoms with van der Waals surface area (Å²) in [6.45, 7) is 3.83. The number of nitrogens with one attached hydrogen (secondary N) is 3. The van der Waals surface area contributed by atoms with Gasteiger partial charge in [0.1, 0.15) is 5.70 Å². The maximum absolute atomic E-state index is 13.1. The van der Waals surface area contributed by atoms with Crippen LogP contribution < -0.4 is 16.0 Å². The molecular formula is C27H25N5O3S4. The first-order valence-corrected chi connectivity index (χ1v) is 15.4. The van der Waals surface area contributed by atoms with Crippen LogP contribution in [0.1, 0.15) is 29.8 Å². The van der Waals surface area contributed by atoms with E-state index in [4.69, 9.17) is 0 Å². The summed E-state index contributed by atoms with van der Waals surface area (Å²) in [5.74, 6) is -0.128. The second kappa shape index (κ2) is 14.1. The van der Waals surface area contributed by atoms with Crippen LogP contribution in [0.5, 0.6) is 0 Å². The molecule has 0 bridgehead atoms. The van der Waals surface area contributed by atoms with Crippen LogP contribution in [0.2, 0.25) is 0 Å². The molecule has 1 unspecified atom stereocenters. The summed E-state index contributed by atoms with van der Waals surface area (Å²) in [5.41, 5.74) is 1.95. The fourth-order valence-electron chi connectivity index (χ4n) is 3.19. The van der Waals surface area contributed by atoms with Crippen LogP contribution in [0.3, 0.4) is 0 Å². The average Bonchev–Trinajstić information content (AvgIpc) is 3.62. The molecule has 4 aromatic rings. The molecule has 39 heavy (non-hydrogen) atoms. The molecular weight excluding hydrogens is 571 g/mol. The first-order chi connectivity index (χ1) is 18.9. The molecule has 0 aliphatic rings. The van der Waals surface area contributed by atoms with E-state index in [1.54, 1.807) is 42.5 Å². The van der Waals surface area contributed by atoms with E-state index in [-0.39, 0.29) is 22.8 Å². The number of anilines is 2. The maximum Gasteiger partial charge on any atom is 0.272 e. The molecule has 2 heterocycles. The molecule has 0 aliphatic heterocycles. The summed E-state index contributed by atoms with van der Waals surface area (Å²) < 4.78 is 4.21. The highest BCUT2D eigenvalue weighted by Crippen LogP contribution is 2.27. The van der Waals surface area contributed by atoms with Gasteiger partial charge >= 0.3 is 0 Å². The van der Waals surface area contributed by atoms with Gasteiger partial charge in [-0.05, 0) is 77.5 Å². The van der Waals surface area contributed by atoms with Crippen molar-refractivity contribution in [3.05, 3.63) is 88.2 Å². The molecule has 12 heteroatoms. The van der Waals surface area contributed by atoms with Gasteiger partial charge in [0.05, 0.1) is 5.25 Å². The lowest BCUT2D eigenvalue weighted by Gasteiger charge is -2.13. The first-order valence-electron chi connectivity index (χ1n) is 11.9. The quantitative estimate of drug-likeness (QED) is 0.139. The second-order valence-corrected chi connectivity index (χ2v) is 12.2. The third-order valence-electron chi connectivity index (χ3n) is 5.09. The Morgan fingerprint density at radius 2 is 1.79 bits per heavy atom. The summed E-state index contributed by atoms with van der Waals surface area (Å²) >= 11 is 5.57. The summed E-state index contributed by atoms with van der Waals surface area (Å²) in [6.07, 6.45) is 1.64. The zero-order valence-electron chi connectivity index (χ0n) is 21.0. The maximum atomic E-state index is 13.1. The molecule has 4 rings (SSSR count). The van der Waals surface area contributed by atoms with E-state index >= 15 is 0 Å². The second-order valence-electron chi connectivity index (χ2n) is 7.98. The highest BCUT2D eigenvalue weighted by Gasteiger charge is 2.18. The van der Waals surface area contributed by atoms with Crippen LogP contribution >= 0.6 is 46.4 Å². The number of hydrogen-bond donors (Lipinski definition) is 3. The van der Waals surface area contributed by atoms with Crippen molar-refractivity contribution in [2.75, 3.05) is 16.4 Å². The van der Waals surface area contributed by atoms with Crippen LogP contribution in [-0.4, -0.2) is 38.1 Å². The highest BCUT2D eigenvalue weighted by atomic mass is 32.2. The van der Waals surface area contributed by atoms with Gasteiger partial charge in [-0.15, -0.1) is 11.8 Å². The van der Waals surface area contributed by atoms with Crippen LogP contribution in [0.25, 0.3) is 6.08 Å². The summed E-state index contributed by atoms with van der Waals surface area (Å²) in [7, 11) is 0. The van der Waals surface area contributed by atoms with Crippen molar-refractivity contribution >= 4 is 81.0 Å². The third-order valence-corrected chi connectivity index (χ3v) is 8.38. The Morgan fingerprint density at radius 1 is 1.03 bits per heavy atom. The number of amides is 3. The fraction of sp³-hybridized carbons (Fsp3) is 0.148. The van der Waals surface area contributed by atoms with E-state index in [0.29, 0.717) is 21.5 Å². The number of rotatable bonds is 11. The van der Waals surface area contributed by atoms with Crippen LogP contribution in [0.4, 0.5) is 10.8 Å². The Morgan fingerprint density at radius 3 is 2.49 bits per heavy atom. The van der Waals surface area contributed by atoms with Crippen LogP contribution in [-0.2, 0) is 9.59 Å². The van der Waals surface area contributed by atoms with E-state index in [1.165, 1.54) is 34.9 Å². The Hall–Kier alpha value is -3.45. The zero-order chi connectivity index (χ0) is 27.6. The van der Waals surface area contributed by atoms with Gasteiger partial charge in [-0.3, -0.25) is 19.7 Å². The van der Waals surface area contributed by atoms with Gasteiger partial charge in [0.2, 0.25) is 16.2 Å². The lowest BCUT2D eigenvalue weighted by molar-refractivity contribution is -0.115. The third kappa shape index (κ3) is 8.52. The minimum absolute atomic E-state index is 0.128. The fourth-order valence-corrected chi connectivity index (χ4v) is 5.95. The summed E-state index contributed by atoms with van der Waals surface area (Å²) in [5, 5.41) is 12.9. The first kappa shape index (κ1) is 28.6. The SMILES string of the molecule is CCSc1nsc(NC(=O)C(C)Sc2ccc(NC(=O)/C(=C/c3ccsc3)NC(=O)c3ccccc3)cc2)n1. The van der Waals surface area contributed by atoms with E-state index in [1.807, 2.05) is 48.9 Å². The smallest absolute Gasteiger partial charge is 0.272 e. The van der Waals surface area contributed by atoms with Gasteiger partial charge in [-0.1, -0.05) is 36.9 Å². The van der Waals surface area contributed by atoms with E-state index in [9.17, 15) is 14.4 Å². The Balaban J connectivity index is 1.37. The van der Waals surface area contributed by atoms with Gasteiger partial charge in [-0.2, -0.15) is 20.7 Å². The largest absolute Gasteiger partial charge is 0.321 e. The molecule has 8 nitrogen and oxygen atoms in total. The molecule has 2 aromatic heterocycles. The van der Waals surface area contributed by atoms with Crippen LogP contribution in [0, 0.1) is 0 Å². The summed E-state index contributed by atoms with van der Waals surface area (Å²) in [4.78, 5) is 43.6. The minimum Gasteiger partial charge on any atom is -0.321 e. The van der Waals surface area contributed by atoms with Crippen molar-refractivity contribution in [2.24, 2.45) is 0 Å². The average molecular weight is 596 g/mol. The van der Waals surface area contributed by atoms with E-state index in [0.717, 1.165) is 27.7 Å². The molecule has 0 aliphatic carbocycles. The van der Waals surface area contributed by atoms with Crippen molar-refractivity contribution in [1.82, 2.24) is 14.7 Å². The Bertz CT molecular complexity index is 1440. The van der Waals surface area contributed by atoms with Crippen molar-refractivity contribution in [2.45, 2.75) is 29.1 Å². The predicted molar refractivity (Wildman–Crippen MR) is 162 cm³/mol. The monoisotopic (exact) mass is 595 g/mol. The Labute approximate surface area is 242 Å². The lowest BCUT2D eigenvalue weighted by atomic mass is 10.2. The lowest BCUT2D eigenvalue weighted by Crippen LogP contribution is -2.30. The van der Waals surface area contributed by atoms with E-state index < -0.39 is 5.91 Å². The van der Waals surface area contributed by atoms with Gasteiger partial charge in [0.15, 0.2) is 0 Å². The number of benzene rings is 2. The molecule has 2 aromatic carbocycles. The number of aromatic nitrogens is 2. The van der Waals surface area contributed by atoms with Crippen molar-refractivity contribution in [3.63, 3.8) is 0 Å². The van der Waals surface area contributed by atoms with Gasteiger partial charge in [0, 0.05) is 27.7 Å². The van der Waals surface area contributed by atoms with Gasteiger partial charge < -0.3 is 10.6 Å². The molecule has 0 fully saturated rings. The topological polar surface area (TPSA) is 113 Å². The normalized spacial score (nSPS) is 12.0. The molecule has 3 amide bonds. The van der Waals surface area contributed by atoms with Crippen molar-refractivity contribution in [1.29, 1.82) is 0 Å². The van der Waals surface area contributed by atoms with Crippen LogP contribution in [0.15, 0.2) is 87.2 Å². The van der Waals surface area contributed by atoms with Gasteiger partial charge in [-0.25, -0.2) is 0 Å². The van der Waals surface area contributed by atoms with Gasteiger partial charge in [0.25, 0.3) is 11.8 Å². The molecule has 0 saturated carbocycles.